The zero-order valence-corrected chi connectivity index (χ0v) is 8.31. The van der Waals surface area contributed by atoms with Crippen LogP contribution >= 0.6 is 0 Å². The van der Waals surface area contributed by atoms with E-state index >= 15 is 0 Å². The Morgan fingerprint density at radius 2 is 1.87 bits per heavy atom. The lowest BCUT2D eigenvalue weighted by Crippen LogP contribution is -2.09. The van der Waals surface area contributed by atoms with Gasteiger partial charge >= 0.3 is 6.18 Å². The fourth-order valence-corrected chi connectivity index (χ4v) is 1.19. The molecule has 0 aromatic heterocycles. The van der Waals surface area contributed by atoms with Crippen LogP contribution in [0.1, 0.15) is 30.5 Å². The summed E-state index contributed by atoms with van der Waals surface area (Å²) in [5.41, 5.74) is -0.711. The molecule has 0 atom stereocenters. The topological polar surface area (TPSA) is 23.8 Å². The van der Waals surface area contributed by atoms with Crippen molar-refractivity contribution in [2.75, 3.05) is 0 Å². The summed E-state index contributed by atoms with van der Waals surface area (Å²) in [5, 5.41) is 8.55. The van der Waals surface area contributed by atoms with Crippen LogP contribution in [-0.2, 0) is 6.18 Å². The Balaban J connectivity index is 3.34. The van der Waals surface area contributed by atoms with E-state index in [9.17, 15) is 13.2 Å². The lowest BCUT2D eigenvalue weighted by Gasteiger charge is -2.12. The molecular formula is C11H9F3N. The predicted molar refractivity (Wildman–Crippen MR) is 49.9 cm³/mol. The summed E-state index contributed by atoms with van der Waals surface area (Å²) in [6.45, 7) is 3.45. The first kappa shape index (κ1) is 11.6. The molecule has 1 nitrogen and oxygen atoms in total. The Morgan fingerprint density at radius 1 is 1.27 bits per heavy atom. The van der Waals surface area contributed by atoms with E-state index in [-0.39, 0.29) is 5.56 Å². The minimum atomic E-state index is -4.48. The van der Waals surface area contributed by atoms with Crippen molar-refractivity contribution >= 4 is 0 Å². The van der Waals surface area contributed by atoms with Gasteiger partial charge in [-0.05, 0) is 23.6 Å². The third kappa shape index (κ3) is 2.50. The predicted octanol–water partition coefficient (Wildman–Crippen LogP) is 3.54. The Bertz CT molecular complexity index is 399. The van der Waals surface area contributed by atoms with Crippen molar-refractivity contribution in [2.24, 2.45) is 0 Å². The second-order valence-corrected chi connectivity index (χ2v) is 3.37. The molecule has 1 aromatic carbocycles. The normalized spacial score (nSPS) is 11.5. The molecule has 1 radical (unpaired) electrons. The van der Waals surface area contributed by atoms with Crippen LogP contribution in [0.3, 0.4) is 0 Å². The highest BCUT2D eigenvalue weighted by atomic mass is 19.4. The van der Waals surface area contributed by atoms with Gasteiger partial charge in [-0.3, -0.25) is 0 Å². The Hall–Kier alpha value is -1.50. The summed E-state index contributed by atoms with van der Waals surface area (Å²) in [7, 11) is 0. The average molecular weight is 212 g/mol. The maximum absolute atomic E-state index is 12.5. The number of rotatable bonds is 1. The highest BCUT2D eigenvalue weighted by molar-refractivity contribution is 5.45. The van der Waals surface area contributed by atoms with E-state index in [0.717, 1.165) is 12.0 Å². The van der Waals surface area contributed by atoms with Gasteiger partial charge in [-0.2, -0.15) is 18.4 Å². The van der Waals surface area contributed by atoms with E-state index in [2.05, 4.69) is 0 Å². The summed E-state index contributed by atoms with van der Waals surface area (Å²) in [6, 6.07) is 5.26. The van der Waals surface area contributed by atoms with Crippen LogP contribution in [0.2, 0.25) is 0 Å². The minimum absolute atomic E-state index is 0.340. The van der Waals surface area contributed by atoms with Gasteiger partial charge in [0.05, 0.1) is 17.2 Å². The summed E-state index contributed by atoms with van der Waals surface area (Å²) in [6.07, 6.45) is -4.48. The molecular weight excluding hydrogens is 203 g/mol. The first-order valence-electron chi connectivity index (χ1n) is 4.28. The second kappa shape index (κ2) is 3.93. The minimum Gasteiger partial charge on any atom is -0.192 e. The highest BCUT2D eigenvalue weighted by Crippen LogP contribution is 2.33. The third-order valence-electron chi connectivity index (χ3n) is 2.02. The van der Waals surface area contributed by atoms with Crippen LogP contribution in [0.15, 0.2) is 18.2 Å². The summed E-state index contributed by atoms with van der Waals surface area (Å²) < 4.78 is 37.6. The van der Waals surface area contributed by atoms with Crippen molar-refractivity contribution in [3.05, 3.63) is 40.8 Å². The molecule has 0 N–H and O–H groups in total. The number of hydrogen-bond acceptors (Lipinski definition) is 1. The zero-order chi connectivity index (χ0) is 11.6. The zero-order valence-electron chi connectivity index (χ0n) is 8.31. The summed E-state index contributed by atoms with van der Waals surface area (Å²) in [4.78, 5) is 0. The molecule has 0 fully saturated rings. The molecule has 79 valence electrons. The van der Waals surface area contributed by atoms with Crippen LogP contribution in [0.4, 0.5) is 13.2 Å². The first-order chi connectivity index (χ1) is 6.86. The van der Waals surface area contributed by atoms with Gasteiger partial charge in [0.1, 0.15) is 0 Å². The summed E-state index contributed by atoms with van der Waals surface area (Å²) in [5.74, 6) is 0.782. The number of halogens is 3. The molecule has 0 spiro atoms. The van der Waals surface area contributed by atoms with Gasteiger partial charge in [0.25, 0.3) is 0 Å². The van der Waals surface area contributed by atoms with Gasteiger partial charge < -0.3 is 0 Å². The Morgan fingerprint density at radius 3 is 2.27 bits per heavy atom. The van der Waals surface area contributed by atoms with Crippen molar-refractivity contribution in [3.8, 4) is 6.07 Å². The van der Waals surface area contributed by atoms with Gasteiger partial charge in [0.2, 0.25) is 0 Å². The van der Waals surface area contributed by atoms with Crippen molar-refractivity contribution in [1.29, 1.82) is 5.26 Å². The molecule has 1 rings (SSSR count). The number of alkyl halides is 3. The first-order valence-corrected chi connectivity index (χ1v) is 4.28. The molecule has 0 saturated carbocycles. The smallest absolute Gasteiger partial charge is 0.192 e. The Kier molecular flexibility index (Phi) is 3.04. The SMILES string of the molecule is C[C](C)c1ccc(C#N)c(C(F)(F)F)c1. The lowest BCUT2D eigenvalue weighted by molar-refractivity contribution is -0.137. The van der Waals surface area contributed by atoms with Crippen molar-refractivity contribution < 1.29 is 13.2 Å². The molecule has 0 aliphatic heterocycles. The number of benzene rings is 1. The van der Waals surface area contributed by atoms with E-state index in [0.29, 0.717) is 5.56 Å². The van der Waals surface area contributed by atoms with E-state index in [4.69, 9.17) is 5.26 Å². The number of hydrogen-bond donors (Lipinski definition) is 0. The molecule has 0 amide bonds. The van der Waals surface area contributed by atoms with E-state index < -0.39 is 11.7 Å². The van der Waals surface area contributed by atoms with Crippen molar-refractivity contribution in [1.82, 2.24) is 0 Å². The number of nitrogens with zero attached hydrogens (tertiary/aromatic N) is 1. The molecule has 15 heavy (non-hydrogen) atoms. The Labute approximate surface area is 86.1 Å². The molecule has 0 aliphatic rings. The van der Waals surface area contributed by atoms with Crippen LogP contribution in [0.25, 0.3) is 0 Å². The van der Waals surface area contributed by atoms with E-state index in [1.165, 1.54) is 18.2 Å². The van der Waals surface area contributed by atoms with E-state index in [1.54, 1.807) is 13.8 Å². The molecule has 0 unspecified atom stereocenters. The molecule has 1 aromatic rings. The van der Waals surface area contributed by atoms with Crippen molar-refractivity contribution in [2.45, 2.75) is 20.0 Å². The molecule has 0 aliphatic carbocycles. The highest BCUT2D eigenvalue weighted by Gasteiger charge is 2.33. The molecule has 0 saturated heterocycles. The van der Waals surface area contributed by atoms with Crippen molar-refractivity contribution in [3.63, 3.8) is 0 Å². The average Bonchev–Trinajstić information content (AvgIpc) is 2.15. The quantitative estimate of drug-likeness (QED) is 0.698. The monoisotopic (exact) mass is 212 g/mol. The third-order valence-corrected chi connectivity index (χ3v) is 2.02. The van der Waals surface area contributed by atoms with Gasteiger partial charge in [-0.1, -0.05) is 19.9 Å². The van der Waals surface area contributed by atoms with Gasteiger partial charge in [0, 0.05) is 0 Å². The van der Waals surface area contributed by atoms with Crippen LogP contribution in [0, 0.1) is 17.2 Å². The maximum Gasteiger partial charge on any atom is 0.417 e. The second-order valence-electron chi connectivity index (χ2n) is 3.37. The fraction of sp³-hybridized carbons (Fsp3) is 0.273. The molecule has 0 heterocycles. The molecule has 4 heteroatoms. The van der Waals surface area contributed by atoms with Crippen LogP contribution in [0.5, 0.6) is 0 Å². The largest absolute Gasteiger partial charge is 0.417 e. The molecule has 0 bridgehead atoms. The maximum atomic E-state index is 12.5. The van der Waals surface area contributed by atoms with Gasteiger partial charge in [0.15, 0.2) is 0 Å². The lowest BCUT2D eigenvalue weighted by atomic mass is 9.97. The van der Waals surface area contributed by atoms with Gasteiger partial charge in [-0.15, -0.1) is 0 Å². The van der Waals surface area contributed by atoms with Crippen LogP contribution < -0.4 is 0 Å². The summed E-state index contributed by atoms with van der Waals surface area (Å²) >= 11 is 0. The number of nitriles is 1. The fourth-order valence-electron chi connectivity index (χ4n) is 1.19. The van der Waals surface area contributed by atoms with Crippen LogP contribution in [-0.4, -0.2) is 0 Å². The van der Waals surface area contributed by atoms with E-state index in [1.807, 2.05) is 0 Å². The standard InChI is InChI=1S/C11H9F3N/c1-7(2)8-3-4-9(6-15)10(5-8)11(12,13)14/h3-5H,1-2H3. The van der Waals surface area contributed by atoms with Gasteiger partial charge in [-0.25, -0.2) is 0 Å².